The molecule has 0 spiro atoms. The van der Waals surface area contributed by atoms with E-state index < -0.39 is 6.09 Å². The molecule has 0 aliphatic rings. The summed E-state index contributed by atoms with van der Waals surface area (Å²) in [6, 6.07) is 5.43. The molecule has 1 N–H and O–H groups in total. The number of alkyl carbamates (subject to hydrolysis) is 1. The third-order valence-electron chi connectivity index (χ3n) is 2.04. The maximum absolute atomic E-state index is 10.9. The number of benzene rings is 1. The van der Waals surface area contributed by atoms with Gasteiger partial charge in [0, 0.05) is 5.02 Å². The Hall–Kier alpha value is -1.42. The number of ether oxygens (including phenoxy) is 2. The van der Waals surface area contributed by atoms with Crippen LogP contribution in [0.15, 0.2) is 18.2 Å². The summed E-state index contributed by atoms with van der Waals surface area (Å²) in [5, 5.41) is 3.28. The number of carbonyl (C=O) groups is 1. The summed E-state index contributed by atoms with van der Waals surface area (Å²) in [6.45, 7) is 4.82. The van der Waals surface area contributed by atoms with Gasteiger partial charge >= 0.3 is 6.09 Å². The van der Waals surface area contributed by atoms with E-state index in [4.69, 9.17) is 21.1 Å². The van der Waals surface area contributed by atoms with Gasteiger partial charge in [-0.25, -0.2) is 4.79 Å². The van der Waals surface area contributed by atoms with Crippen molar-refractivity contribution in [1.82, 2.24) is 5.32 Å². The van der Waals surface area contributed by atoms with Gasteiger partial charge in [0.25, 0.3) is 0 Å². The molecule has 0 fully saturated rings. The third-order valence-corrected chi connectivity index (χ3v) is 2.47. The van der Waals surface area contributed by atoms with Gasteiger partial charge in [0.05, 0.1) is 13.2 Å². The number of aryl methyl sites for hydroxylation is 1. The lowest BCUT2D eigenvalue weighted by molar-refractivity contribution is 0.150. The molecule has 4 nitrogen and oxygen atoms in total. The predicted molar refractivity (Wildman–Crippen MR) is 66.7 cm³/mol. The topological polar surface area (TPSA) is 47.6 Å². The normalized spacial score (nSPS) is 9.82. The van der Waals surface area contributed by atoms with E-state index >= 15 is 0 Å². The minimum absolute atomic E-state index is 0.364. The molecule has 1 aromatic rings. The van der Waals surface area contributed by atoms with Crippen LogP contribution < -0.4 is 10.1 Å². The first kappa shape index (κ1) is 13.6. The molecular formula is C12H16ClNO3. The smallest absolute Gasteiger partial charge is 0.407 e. The van der Waals surface area contributed by atoms with Gasteiger partial charge in [-0.05, 0) is 37.6 Å². The third kappa shape index (κ3) is 4.95. The van der Waals surface area contributed by atoms with Gasteiger partial charge in [-0.3, -0.25) is 0 Å². The Morgan fingerprint density at radius 2 is 2.24 bits per heavy atom. The molecule has 0 radical (unpaired) electrons. The second-order valence-electron chi connectivity index (χ2n) is 3.41. The average Bonchev–Trinajstić information content (AvgIpc) is 2.29. The van der Waals surface area contributed by atoms with Crippen molar-refractivity contribution >= 4 is 17.7 Å². The fourth-order valence-electron chi connectivity index (χ4n) is 1.21. The average molecular weight is 258 g/mol. The van der Waals surface area contributed by atoms with Gasteiger partial charge in [0.15, 0.2) is 0 Å². The van der Waals surface area contributed by atoms with Gasteiger partial charge in [0.1, 0.15) is 12.4 Å². The van der Waals surface area contributed by atoms with Gasteiger partial charge < -0.3 is 14.8 Å². The van der Waals surface area contributed by atoms with Crippen LogP contribution in [0.3, 0.4) is 0 Å². The number of halogens is 1. The van der Waals surface area contributed by atoms with Crippen LogP contribution in [0.4, 0.5) is 4.79 Å². The van der Waals surface area contributed by atoms with Gasteiger partial charge in [-0.2, -0.15) is 0 Å². The molecule has 5 heteroatoms. The van der Waals surface area contributed by atoms with Gasteiger partial charge in [0.2, 0.25) is 0 Å². The standard InChI is InChI=1S/C12H16ClNO3/c1-3-16-12(15)14-6-7-17-10-4-5-11(13)9(2)8-10/h4-5,8H,3,6-7H2,1-2H3,(H,14,15). The summed E-state index contributed by atoms with van der Waals surface area (Å²) in [6.07, 6.45) is -0.427. The minimum Gasteiger partial charge on any atom is -0.492 e. The fraction of sp³-hybridized carbons (Fsp3) is 0.417. The zero-order valence-electron chi connectivity index (χ0n) is 9.96. The summed E-state index contributed by atoms with van der Waals surface area (Å²) in [5.74, 6) is 0.734. The molecule has 0 unspecified atom stereocenters. The van der Waals surface area contributed by atoms with Crippen LogP contribution in [0.5, 0.6) is 5.75 Å². The number of carbonyl (C=O) groups excluding carboxylic acids is 1. The first-order chi connectivity index (χ1) is 8.13. The van der Waals surface area contributed by atoms with E-state index in [9.17, 15) is 4.79 Å². The SMILES string of the molecule is CCOC(=O)NCCOc1ccc(Cl)c(C)c1. The highest BCUT2D eigenvalue weighted by molar-refractivity contribution is 6.31. The van der Waals surface area contributed by atoms with E-state index in [0.29, 0.717) is 24.8 Å². The molecule has 1 amide bonds. The Morgan fingerprint density at radius 1 is 1.47 bits per heavy atom. The first-order valence-electron chi connectivity index (χ1n) is 5.43. The van der Waals surface area contributed by atoms with E-state index in [2.05, 4.69) is 5.32 Å². The molecule has 0 saturated carbocycles. The molecule has 1 rings (SSSR count). The van der Waals surface area contributed by atoms with Crippen molar-refractivity contribution in [2.45, 2.75) is 13.8 Å². The Bertz CT molecular complexity index is 382. The molecule has 0 aromatic heterocycles. The van der Waals surface area contributed by atoms with Crippen LogP contribution in [0.2, 0.25) is 5.02 Å². The summed E-state index contributed by atoms with van der Waals surface area (Å²) in [5.41, 5.74) is 0.961. The van der Waals surface area contributed by atoms with Crippen molar-refractivity contribution in [3.8, 4) is 5.75 Å². The van der Waals surface area contributed by atoms with Crippen molar-refractivity contribution in [3.05, 3.63) is 28.8 Å². The summed E-state index contributed by atoms with van der Waals surface area (Å²) in [4.78, 5) is 10.9. The molecule has 0 atom stereocenters. The molecule has 0 saturated heterocycles. The lowest BCUT2D eigenvalue weighted by atomic mass is 10.2. The zero-order valence-corrected chi connectivity index (χ0v) is 10.7. The van der Waals surface area contributed by atoms with Crippen molar-refractivity contribution in [2.75, 3.05) is 19.8 Å². The Balaban J connectivity index is 2.26. The molecular weight excluding hydrogens is 242 g/mol. The maximum atomic E-state index is 10.9. The van der Waals surface area contributed by atoms with E-state index in [1.165, 1.54) is 0 Å². The van der Waals surface area contributed by atoms with Crippen LogP contribution in [0.25, 0.3) is 0 Å². The largest absolute Gasteiger partial charge is 0.492 e. The molecule has 94 valence electrons. The Morgan fingerprint density at radius 3 is 2.88 bits per heavy atom. The van der Waals surface area contributed by atoms with E-state index in [1.807, 2.05) is 13.0 Å². The van der Waals surface area contributed by atoms with E-state index in [-0.39, 0.29) is 0 Å². The molecule has 17 heavy (non-hydrogen) atoms. The highest BCUT2D eigenvalue weighted by atomic mass is 35.5. The van der Waals surface area contributed by atoms with Gasteiger partial charge in [-0.15, -0.1) is 0 Å². The fourth-order valence-corrected chi connectivity index (χ4v) is 1.33. The number of hydrogen-bond donors (Lipinski definition) is 1. The number of hydrogen-bond acceptors (Lipinski definition) is 3. The van der Waals surface area contributed by atoms with Crippen LogP contribution in [-0.4, -0.2) is 25.9 Å². The van der Waals surface area contributed by atoms with Crippen molar-refractivity contribution < 1.29 is 14.3 Å². The van der Waals surface area contributed by atoms with Crippen LogP contribution in [-0.2, 0) is 4.74 Å². The summed E-state index contributed by atoms with van der Waals surface area (Å²) < 4.78 is 10.1. The molecule has 1 aromatic carbocycles. The number of rotatable bonds is 5. The molecule has 0 bridgehead atoms. The second-order valence-corrected chi connectivity index (χ2v) is 3.81. The highest BCUT2D eigenvalue weighted by Crippen LogP contribution is 2.20. The van der Waals surface area contributed by atoms with Crippen LogP contribution in [0.1, 0.15) is 12.5 Å². The maximum Gasteiger partial charge on any atom is 0.407 e. The highest BCUT2D eigenvalue weighted by Gasteiger charge is 2.00. The predicted octanol–water partition coefficient (Wildman–Crippen LogP) is 2.77. The molecule has 0 aliphatic carbocycles. The Kier molecular flexibility index (Phi) is 5.63. The van der Waals surface area contributed by atoms with Crippen molar-refractivity contribution in [3.63, 3.8) is 0 Å². The van der Waals surface area contributed by atoms with Crippen LogP contribution >= 0.6 is 11.6 Å². The van der Waals surface area contributed by atoms with E-state index in [1.54, 1.807) is 19.1 Å². The molecule has 0 aliphatic heterocycles. The molecule has 0 heterocycles. The number of amides is 1. The lowest BCUT2D eigenvalue weighted by Crippen LogP contribution is -2.28. The quantitative estimate of drug-likeness (QED) is 0.825. The van der Waals surface area contributed by atoms with Crippen LogP contribution in [0, 0.1) is 6.92 Å². The van der Waals surface area contributed by atoms with Gasteiger partial charge in [-0.1, -0.05) is 11.6 Å². The lowest BCUT2D eigenvalue weighted by Gasteiger charge is -2.08. The minimum atomic E-state index is -0.427. The number of nitrogens with one attached hydrogen (secondary N) is 1. The summed E-state index contributed by atoms with van der Waals surface area (Å²) in [7, 11) is 0. The zero-order chi connectivity index (χ0) is 12.7. The Labute approximate surface area is 106 Å². The van der Waals surface area contributed by atoms with Crippen molar-refractivity contribution in [2.24, 2.45) is 0 Å². The van der Waals surface area contributed by atoms with Crippen molar-refractivity contribution in [1.29, 1.82) is 0 Å². The summed E-state index contributed by atoms with van der Waals surface area (Å²) >= 11 is 5.89. The second kappa shape index (κ2) is 7.01. The first-order valence-corrected chi connectivity index (χ1v) is 5.81. The monoisotopic (exact) mass is 257 g/mol. The van der Waals surface area contributed by atoms with E-state index in [0.717, 1.165) is 11.3 Å².